The van der Waals surface area contributed by atoms with Crippen molar-refractivity contribution in [3.63, 3.8) is 0 Å². The molecule has 13 heavy (non-hydrogen) atoms. The van der Waals surface area contributed by atoms with Crippen LogP contribution < -0.4 is 5.73 Å². The van der Waals surface area contributed by atoms with Crippen LogP contribution in [0.1, 0.15) is 23.5 Å². The van der Waals surface area contributed by atoms with Gasteiger partial charge in [-0.3, -0.25) is 0 Å². The van der Waals surface area contributed by atoms with Crippen LogP contribution in [0.3, 0.4) is 0 Å². The molecule has 3 N–H and O–H groups in total. The summed E-state index contributed by atoms with van der Waals surface area (Å²) in [6.45, 7) is 1.79. The molecule has 0 saturated carbocycles. The van der Waals surface area contributed by atoms with Gasteiger partial charge in [0.1, 0.15) is 11.5 Å². The fourth-order valence-electron chi connectivity index (χ4n) is 1.78. The highest BCUT2D eigenvalue weighted by Crippen LogP contribution is 2.36. The maximum absolute atomic E-state index is 10.9. The number of carbonyl (C=O) groups is 1. The van der Waals surface area contributed by atoms with Crippen molar-refractivity contribution in [2.45, 2.75) is 25.3 Å². The van der Waals surface area contributed by atoms with Crippen LogP contribution in [0.5, 0.6) is 0 Å². The second kappa shape index (κ2) is 2.35. The van der Waals surface area contributed by atoms with E-state index in [2.05, 4.69) is 0 Å². The topological polar surface area (TPSA) is 76.5 Å². The molecule has 1 atom stereocenters. The van der Waals surface area contributed by atoms with Crippen LogP contribution in [0.15, 0.2) is 10.5 Å². The van der Waals surface area contributed by atoms with Gasteiger partial charge in [0.2, 0.25) is 0 Å². The Balaban J connectivity index is 2.53. The van der Waals surface area contributed by atoms with Gasteiger partial charge >= 0.3 is 5.97 Å². The molecular formula is C9H11NO3. The average molecular weight is 181 g/mol. The predicted octanol–water partition coefficient (Wildman–Crippen LogP) is 0.773. The van der Waals surface area contributed by atoms with E-state index in [9.17, 15) is 4.79 Å². The van der Waals surface area contributed by atoms with Crippen molar-refractivity contribution in [3.8, 4) is 0 Å². The van der Waals surface area contributed by atoms with Crippen molar-refractivity contribution < 1.29 is 14.3 Å². The Morgan fingerprint density at radius 3 is 3.08 bits per heavy atom. The SMILES string of the molecule is Cc1cc2c(o1)C(N)(C(=O)O)CC2. The molecule has 1 heterocycles. The Labute approximate surface area is 75.3 Å². The lowest BCUT2D eigenvalue weighted by molar-refractivity contribution is -0.144. The number of furan rings is 1. The summed E-state index contributed by atoms with van der Waals surface area (Å²) in [6, 6.07) is 1.85. The number of aryl methyl sites for hydroxylation is 2. The van der Waals surface area contributed by atoms with E-state index in [0.29, 0.717) is 18.6 Å². The fraction of sp³-hybridized carbons (Fsp3) is 0.444. The molecule has 0 amide bonds. The molecule has 0 bridgehead atoms. The van der Waals surface area contributed by atoms with Gasteiger partial charge in [-0.05, 0) is 31.4 Å². The highest BCUT2D eigenvalue weighted by Gasteiger charge is 2.45. The number of fused-ring (bicyclic) bond motifs is 1. The standard InChI is InChI=1S/C9H11NO3/c1-5-4-6-2-3-9(10,8(11)12)7(6)13-5/h4H,2-3,10H2,1H3,(H,11,12). The van der Waals surface area contributed by atoms with E-state index in [-0.39, 0.29) is 0 Å². The van der Waals surface area contributed by atoms with Gasteiger partial charge < -0.3 is 15.3 Å². The van der Waals surface area contributed by atoms with E-state index in [1.807, 2.05) is 6.07 Å². The molecule has 4 nitrogen and oxygen atoms in total. The first-order valence-electron chi connectivity index (χ1n) is 4.16. The fourth-order valence-corrected chi connectivity index (χ4v) is 1.78. The second-order valence-electron chi connectivity index (χ2n) is 3.49. The first-order chi connectivity index (χ1) is 6.04. The van der Waals surface area contributed by atoms with E-state index in [4.69, 9.17) is 15.3 Å². The zero-order chi connectivity index (χ0) is 9.64. The van der Waals surface area contributed by atoms with Crippen LogP contribution >= 0.6 is 0 Å². The van der Waals surface area contributed by atoms with Gasteiger partial charge in [0.25, 0.3) is 0 Å². The van der Waals surface area contributed by atoms with Crippen LogP contribution in [0, 0.1) is 6.92 Å². The molecule has 0 saturated heterocycles. The number of aliphatic carboxylic acids is 1. The molecule has 70 valence electrons. The minimum Gasteiger partial charge on any atom is -0.480 e. The van der Waals surface area contributed by atoms with Crippen LogP contribution in [0.4, 0.5) is 0 Å². The number of hydrogen-bond donors (Lipinski definition) is 2. The first kappa shape index (κ1) is 8.31. The quantitative estimate of drug-likeness (QED) is 0.671. The van der Waals surface area contributed by atoms with E-state index in [1.54, 1.807) is 6.92 Å². The van der Waals surface area contributed by atoms with Crippen molar-refractivity contribution in [1.82, 2.24) is 0 Å². The molecule has 1 aromatic rings. The number of nitrogens with two attached hydrogens (primary N) is 1. The van der Waals surface area contributed by atoms with Crippen LogP contribution in [0.25, 0.3) is 0 Å². The van der Waals surface area contributed by atoms with Crippen molar-refractivity contribution in [1.29, 1.82) is 0 Å². The largest absolute Gasteiger partial charge is 0.480 e. The van der Waals surface area contributed by atoms with E-state index in [0.717, 1.165) is 11.3 Å². The molecule has 0 aliphatic heterocycles. The molecular weight excluding hydrogens is 170 g/mol. The highest BCUT2D eigenvalue weighted by molar-refractivity contribution is 5.81. The molecule has 0 spiro atoms. The maximum Gasteiger partial charge on any atom is 0.331 e. The third kappa shape index (κ3) is 0.986. The van der Waals surface area contributed by atoms with Gasteiger partial charge in [0.15, 0.2) is 5.54 Å². The lowest BCUT2D eigenvalue weighted by Gasteiger charge is -2.16. The molecule has 0 radical (unpaired) electrons. The molecule has 1 unspecified atom stereocenters. The van der Waals surface area contributed by atoms with Gasteiger partial charge in [-0.25, -0.2) is 4.79 Å². The van der Waals surface area contributed by atoms with Gasteiger partial charge in [0.05, 0.1) is 0 Å². The van der Waals surface area contributed by atoms with Crippen LogP contribution in [-0.4, -0.2) is 11.1 Å². The zero-order valence-electron chi connectivity index (χ0n) is 7.33. The molecule has 2 rings (SSSR count). The van der Waals surface area contributed by atoms with E-state index in [1.165, 1.54) is 0 Å². The van der Waals surface area contributed by atoms with Crippen molar-refractivity contribution in [3.05, 3.63) is 23.2 Å². The minimum atomic E-state index is -1.30. The smallest absolute Gasteiger partial charge is 0.331 e. The Kier molecular flexibility index (Phi) is 1.51. The lowest BCUT2D eigenvalue weighted by atomic mass is 10.00. The summed E-state index contributed by atoms with van der Waals surface area (Å²) in [5, 5.41) is 8.94. The van der Waals surface area contributed by atoms with E-state index < -0.39 is 11.5 Å². The van der Waals surface area contributed by atoms with E-state index >= 15 is 0 Å². The van der Waals surface area contributed by atoms with Gasteiger partial charge in [0, 0.05) is 0 Å². The third-order valence-corrected chi connectivity index (χ3v) is 2.51. The lowest BCUT2D eigenvalue weighted by Crippen LogP contribution is -2.42. The summed E-state index contributed by atoms with van der Waals surface area (Å²) < 4.78 is 5.30. The highest BCUT2D eigenvalue weighted by atomic mass is 16.4. The third-order valence-electron chi connectivity index (χ3n) is 2.51. The molecule has 1 aliphatic rings. The van der Waals surface area contributed by atoms with Gasteiger partial charge in [-0.2, -0.15) is 0 Å². The van der Waals surface area contributed by atoms with Gasteiger partial charge in [-0.15, -0.1) is 0 Å². The molecule has 0 fully saturated rings. The Hall–Kier alpha value is -1.29. The summed E-state index contributed by atoms with van der Waals surface area (Å²) in [6.07, 6.45) is 1.12. The van der Waals surface area contributed by atoms with Crippen molar-refractivity contribution in [2.75, 3.05) is 0 Å². The Morgan fingerprint density at radius 2 is 2.46 bits per heavy atom. The molecule has 0 aromatic carbocycles. The number of rotatable bonds is 1. The monoisotopic (exact) mass is 181 g/mol. The van der Waals surface area contributed by atoms with Crippen LogP contribution in [-0.2, 0) is 16.8 Å². The molecule has 1 aliphatic carbocycles. The number of carboxylic acid groups (broad SMARTS) is 1. The van der Waals surface area contributed by atoms with Crippen molar-refractivity contribution in [2.24, 2.45) is 5.73 Å². The zero-order valence-corrected chi connectivity index (χ0v) is 7.33. The summed E-state index contributed by atoms with van der Waals surface area (Å²) in [4.78, 5) is 10.9. The normalized spacial score (nSPS) is 26.0. The van der Waals surface area contributed by atoms with Crippen molar-refractivity contribution >= 4 is 5.97 Å². The minimum absolute atomic E-state index is 0.427. The average Bonchev–Trinajstić information content (AvgIpc) is 2.53. The Morgan fingerprint density at radius 1 is 1.77 bits per heavy atom. The Bertz CT molecular complexity index is 369. The maximum atomic E-state index is 10.9. The summed E-state index contributed by atoms with van der Waals surface area (Å²) in [5.41, 5.74) is 5.36. The molecule has 1 aromatic heterocycles. The molecule has 4 heteroatoms. The first-order valence-corrected chi connectivity index (χ1v) is 4.16. The van der Waals surface area contributed by atoms with Crippen LogP contribution in [0.2, 0.25) is 0 Å². The second-order valence-corrected chi connectivity index (χ2v) is 3.49. The summed E-state index contributed by atoms with van der Waals surface area (Å²) in [7, 11) is 0. The van der Waals surface area contributed by atoms with Gasteiger partial charge in [-0.1, -0.05) is 0 Å². The number of hydrogen-bond acceptors (Lipinski definition) is 3. The summed E-state index contributed by atoms with van der Waals surface area (Å²) >= 11 is 0. The summed E-state index contributed by atoms with van der Waals surface area (Å²) in [5.74, 6) is 0.138. The predicted molar refractivity (Wildman–Crippen MR) is 45.3 cm³/mol. The number of carboxylic acids is 1.